The van der Waals surface area contributed by atoms with Crippen molar-refractivity contribution < 1.29 is 4.74 Å². The van der Waals surface area contributed by atoms with Gasteiger partial charge in [0.2, 0.25) is 0 Å². The largest absolute Gasteiger partial charge is 0.489 e. The molecule has 0 amide bonds. The van der Waals surface area contributed by atoms with Crippen LogP contribution in [0.4, 0.5) is 0 Å². The van der Waals surface area contributed by atoms with Gasteiger partial charge in [-0.2, -0.15) is 0 Å². The smallest absolute Gasteiger partial charge is 0.120 e. The molecule has 27 heavy (non-hydrogen) atoms. The zero-order chi connectivity index (χ0) is 18.2. The van der Waals surface area contributed by atoms with Crippen molar-refractivity contribution >= 4 is 35.6 Å². The number of allylic oxidation sites excluding steroid dienone is 1. The predicted molar refractivity (Wildman–Crippen MR) is 117 cm³/mol. The van der Waals surface area contributed by atoms with Crippen LogP contribution in [0.2, 0.25) is 10.0 Å². The maximum atomic E-state index is 6.20. The quantitative estimate of drug-likeness (QED) is 0.363. The summed E-state index contributed by atoms with van der Waals surface area (Å²) in [6.45, 7) is 2.31. The van der Waals surface area contributed by atoms with E-state index >= 15 is 0 Å². The number of benzene rings is 2. The molecule has 146 valence electrons. The summed E-state index contributed by atoms with van der Waals surface area (Å²) in [7, 11) is 0. The van der Waals surface area contributed by atoms with Gasteiger partial charge in [-0.15, -0.1) is 12.4 Å². The molecular weight excluding hydrogens is 401 g/mol. The molecule has 0 bridgehead atoms. The molecule has 1 N–H and O–H groups in total. The average molecular weight is 427 g/mol. The van der Waals surface area contributed by atoms with Gasteiger partial charge in [-0.1, -0.05) is 53.1 Å². The van der Waals surface area contributed by atoms with Crippen LogP contribution < -0.4 is 10.1 Å². The fourth-order valence-corrected chi connectivity index (χ4v) is 3.62. The number of hydrogen-bond donors (Lipinski definition) is 1. The molecule has 0 heterocycles. The summed E-state index contributed by atoms with van der Waals surface area (Å²) in [4.78, 5) is 0. The molecule has 0 saturated heterocycles. The summed E-state index contributed by atoms with van der Waals surface area (Å²) in [5.41, 5.74) is 3.77. The maximum absolute atomic E-state index is 6.20. The third-order valence-electron chi connectivity index (χ3n) is 4.64. The molecule has 0 radical (unpaired) electrons. The van der Waals surface area contributed by atoms with Gasteiger partial charge in [-0.05, 0) is 68.5 Å². The Morgan fingerprint density at radius 3 is 2.70 bits per heavy atom. The normalized spacial score (nSPS) is 13.6. The van der Waals surface area contributed by atoms with Gasteiger partial charge in [0.25, 0.3) is 0 Å². The first-order valence-electron chi connectivity index (χ1n) is 9.25. The molecule has 2 aromatic carbocycles. The first-order valence-corrected chi connectivity index (χ1v) is 10.0. The van der Waals surface area contributed by atoms with Gasteiger partial charge >= 0.3 is 0 Å². The van der Waals surface area contributed by atoms with Crippen molar-refractivity contribution in [2.45, 2.75) is 45.3 Å². The molecular formula is C22H26Cl3NO. The highest BCUT2D eigenvalue weighted by Gasteiger charge is 2.05. The van der Waals surface area contributed by atoms with E-state index in [1.165, 1.54) is 31.2 Å². The summed E-state index contributed by atoms with van der Waals surface area (Å²) in [5, 5.41) is 4.80. The van der Waals surface area contributed by atoms with Crippen LogP contribution in [0.1, 0.15) is 43.2 Å². The fraction of sp³-hybridized carbons (Fsp3) is 0.364. The van der Waals surface area contributed by atoms with E-state index in [4.69, 9.17) is 27.9 Å². The minimum absolute atomic E-state index is 0. The molecule has 0 aromatic heterocycles. The van der Waals surface area contributed by atoms with Gasteiger partial charge < -0.3 is 10.1 Å². The lowest BCUT2D eigenvalue weighted by Gasteiger charge is -2.13. The Kier molecular flexibility index (Phi) is 9.50. The van der Waals surface area contributed by atoms with Gasteiger partial charge in [0.1, 0.15) is 12.4 Å². The Morgan fingerprint density at radius 2 is 1.93 bits per heavy atom. The van der Waals surface area contributed by atoms with E-state index in [0.717, 1.165) is 30.8 Å². The van der Waals surface area contributed by atoms with Crippen LogP contribution in [-0.4, -0.2) is 6.54 Å². The van der Waals surface area contributed by atoms with Crippen molar-refractivity contribution in [3.63, 3.8) is 0 Å². The molecule has 0 fully saturated rings. The molecule has 0 spiro atoms. The molecule has 5 heteroatoms. The Balaban J connectivity index is 0.00000261. The highest BCUT2D eigenvalue weighted by atomic mass is 35.5. The van der Waals surface area contributed by atoms with Gasteiger partial charge in [-0.3, -0.25) is 0 Å². The SMILES string of the molecule is Cl.Clc1ccc(COc2cccc(CNCCC3=CCCCC3)c2)c(Cl)c1. The van der Waals surface area contributed by atoms with E-state index in [1.807, 2.05) is 24.3 Å². The number of nitrogens with one attached hydrogen (secondary N) is 1. The zero-order valence-electron chi connectivity index (χ0n) is 15.3. The minimum Gasteiger partial charge on any atom is -0.489 e. The van der Waals surface area contributed by atoms with Crippen LogP contribution in [0, 0.1) is 0 Å². The Morgan fingerprint density at radius 1 is 1.04 bits per heavy atom. The van der Waals surface area contributed by atoms with Crippen LogP contribution >= 0.6 is 35.6 Å². The Labute approximate surface area is 178 Å². The number of rotatable bonds is 8. The van der Waals surface area contributed by atoms with Crippen LogP contribution in [0.15, 0.2) is 54.1 Å². The van der Waals surface area contributed by atoms with Crippen LogP contribution in [-0.2, 0) is 13.2 Å². The zero-order valence-corrected chi connectivity index (χ0v) is 17.7. The van der Waals surface area contributed by atoms with Crippen molar-refractivity contribution in [3.8, 4) is 5.75 Å². The van der Waals surface area contributed by atoms with E-state index in [1.54, 1.807) is 11.6 Å². The summed E-state index contributed by atoms with van der Waals surface area (Å²) in [6.07, 6.45) is 8.81. The fourth-order valence-electron chi connectivity index (χ4n) is 3.16. The third-order valence-corrected chi connectivity index (χ3v) is 5.23. The van der Waals surface area contributed by atoms with Gasteiger partial charge in [0, 0.05) is 22.2 Å². The molecule has 2 nitrogen and oxygen atoms in total. The highest BCUT2D eigenvalue weighted by molar-refractivity contribution is 6.35. The average Bonchev–Trinajstić information content (AvgIpc) is 2.66. The molecule has 2 aromatic rings. The van der Waals surface area contributed by atoms with E-state index < -0.39 is 0 Å². The predicted octanol–water partition coefficient (Wildman–Crippen LogP) is 6.97. The summed E-state index contributed by atoms with van der Waals surface area (Å²) in [6, 6.07) is 13.7. The molecule has 0 aliphatic heterocycles. The standard InChI is InChI=1S/C22H25Cl2NO.ClH/c23-20-10-9-19(22(24)14-20)16-26-21-8-4-7-18(13-21)15-25-12-11-17-5-2-1-3-6-17;/h4-5,7-10,13-14,25H,1-3,6,11-12,15-16H2;1H. The summed E-state index contributed by atoms with van der Waals surface area (Å²) >= 11 is 12.1. The molecule has 1 aliphatic carbocycles. The molecule has 0 saturated carbocycles. The molecule has 3 rings (SSSR count). The second-order valence-electron chi connectivity index (χ2n) is 6.71. The van der Waals surface area contributed by atoms with Gasteiger partial charge in [0.05, 0.1) is 0 Å². The van der Waals surface area contributed by atoms with Crippen molar-refractivity contribution in [2.75, 3.05) is 6.54 Å². The molecule has 1 aliphatic rings. The lowest BCUT2D eigenvalue weighted by atomic mass is 9.97. The molecule has 0 atom stereocenters. The minimum atomic E-state index is 0. The third kappa shape index (κ3) is 7.38. The summed E-state index contributed by atoms with van der Waals surface area (Å²) in [5.74, 6) is 0.852. The van der Waals surface area contributed by atoms with Gasteiger partial charge in [0.15, 0.2) is 0 Å². The van der Waals surface area contributed by atoms with Gasteiger partial charge in [-0.25, -0.2) is 0 Å². The van der Waals surface area contributed by atoms with E-state index in [2.05, 4.69) is 23.5 Å². The number of halogens is 3. The number of hydrogen-bond acceptors (Lipinski definition) is 2. The van der Waals surface area contributed by atoms with Crippen molar-refractivity contribution in [3.05, 3.63) is 75.3 Å². The van der Waals surface area contributed by atoms with Crippen molar-refractivity contribution in [1.29, 1.82) is 0 Å². The van der Waals surface area contributed by atoms with Crippen molar-refractivity contribution in [2.24, 2.45) is 0 Å². The summed E-state index contributed by atoms with van der Waals surface area (Å²) < 4.78 is 5.89. The van der Waals surface area contributed by atoms with Crippen molar-refractivity contribution in [1.82, 2.24) is 5.32 Å². The van der Waals surface area contributed by atoms with E-state index in [0.29, 0.717) is 16.7 Å². The van der Waals surface area contributed by atoms with Crippen LogP contribution in [0.5, 0.6) is 5.75 Å². The maximum Gasteiger partial charge on any atom is 0.120 e. The lowest BCUT2D eigenvalue weighted by Crippen LogP contribution is -2.15. The van der Waals surface area contributed by atoms with E-state index in [9.17, 15) is 0 Å². The Hall–Kier alpha value is -1.19. The lowest BCUT2D eigenvalue weighted by molar-refractivity contribution is 0.306. The van der Waals surface area contributed by atoms with Crippen LogP contribution in [0.3, 0.4) is 0 Å². The highest BCUT2D eigenvalue weighted by Crippen LogP contribution is 2.23. The molecule has 0 unspecified atom stereocenters. The Bertz CT molecular complexity index is 761. The second-order valence-corrected chi connectivity index (χ2v) is 7.55. The topological polar surface area (TPSA) is 21.3 Å². The second kappa shape index (κ2) is 11.6. The monoisotopic (exact) mass is 425 g/mol. The van der Waals surface area contributed by atoms with Crippen LogP contribution in [0.25, 0.3) is 0 Å². The van der Waals surface area contributed by atoms with E-state index in [-0.39, 0.29) is 12.4 Å². The first kappa shape index (κ1) is 22.1. The first-order chi connectivity index (χ1) is 12.7. The number of ether oxygens (including phenoxy) is 1.